The number of nitrogens with zero attached hydrogens (tertiary/aromatic N) is 1. The number of halogens is 1. The molecule has 0 unspecified atom stereocenters. The lowest BCUT2D eigenvalue weighted by molar-refractivity contribution is -0.114. The number of hydrogen-bond donors (Lipinski definition) is 2. The van der Waals surface area contributed by atoms with E-state index in [-0.39, 0.29) is 31.9 Å². The Morgan fingerprint density at radius 2 is 1.45 bits per heavy atom. The highest BCUT2D eigenvalue weighted by atomic mass is 35.5. The lowest BCUT2D eigenvalue weighted by Crippen LogP contribution is -2.38. The number of anilines is 3. The van der Waals surface area contributed by atoms with Crippen molar-refractivity contribution < 1.29 is 31.1 Å². The van der Waals surface area contributed by atoms with E-state index in [4.69, 9.17) is 21.1 Å². The third-order valence-corrected chi connectivity index (χ3v) is 9.55. The van der Waals surface area contributed by atoms with Crippen molar-refractivity contribution in [2.75, 3.05) is 35.1 Å². The molecule has 10 nitrogen and oxygen atoms in total. The number of aryl methyl sites for hydroxylation is 1. The summed E-state index contributed by atoms with van der Waals surface area (Å²) in [7, 11) is -5.27. The van der Waals surface area contributed by atoms with Gasteiger partial charge in [-0.05, 0) is 79.2 Å². The first kappa shape index (κ1) is 30.7. The van der Waals surface area contributed by atoms with Crippen LogP contribution >= 0.6 is 11.6 Å². The SMILES string of the molecule is COc1ccc(N(CC(=O)Nc2ccc(S(=O)(=O)Nc3cc(C)ccc3OC)cc2)S(=O)(=O)c2ccccc2)cc1Cl. The Bertz CT molecular complexity index is 1800. The summed E-state index contributed by atoms with van der Waals surface area (Å²) >= 11 is 6.26. The van der Waals surface area contributed by atoms with Gasteiger partial charge < -0.3 is 14.8 Å². The molecule has 13 heteroatoms. The molecule has 0 saturated heterocycles. The third-order valence-electron chi connectivity index (χ3n) is 6.09. The molecular formula is C29H28ClN3O7S2. The Labute approximate surface area is 250 Å². The number of nitrogens with one attached hydrogen (secondary N) is 2. The van der Waals surface area contributed by atoms with Gasteiger partial charge in [0.25, 0.3) is 20.0 Å². The molecule has 4 aromatic carbocycles. The maximum Gasteiger partial charge on any atom is 0.264 e. The fraction of sp³-hybridized carbons (Fsp3) is 0.138. The fourth-order valence-corrected chi connectivity index (χ4v) is 6.75. The first-order valence-corrected chi connectivity index (χ1v) is 15.7. The minimum Gasteiger partial charge on any atom is -0.495 e. The van der Waals surface area contributed by atoms with Gasteiger partial charge in [-0.1, -0.05) is 35.9 Å². The Balaban J connectivity index is 1.55. The van der Waals surface area contributed by atoms with Gasteiger partial charge in [-0.3, -0.25) is 13.8 Å². The number of carbonyl (C=O) groups is 1. The Morgan fingerprint density at radius 1 is 0.810 bits per heavy atom. The summed E-state index contributed by atoms with van der Waals surface area (Å²) in [5.41, 5.74) is 1.54. The molecule has 0 bridgehead atoms. The van der Waals surface area contributed by atoms with E-state index in [1.807, 2.05) is 6.92 Å². The highest BCUT2D eigenvalue weighted by Gasteiger charge is 2.28. The van der Waals surface area contributed by atoms with E-state index in [1.165, 1.54) is 68.8 Å². The molecule has 0 atom stereocenters. The van der Waals surface area contributed by atoms with Crippen LogP contribution in [0.2, 0.25) is 5.02 Å². The predicted molar refractivity (Wildman–Crippen MR) is 163 cm³/mol. The van der Waals surface area contributed by atoms with E-state index in [2.05, 4.69) is 10.0 Å². The van der Waals surface area contributed by atoms with E-state index in [0.717, 1.165) is 9.87 Å². The Morgan fingerprint density at radius 3 is 2.07 bits per heavy atom. The minimum atomic E-state index is -4.17. The van der Waals surface area contributed by atoms with Gasteiger partial charge in [0, 0.05) is 5.69 Å². The standard InChI is InChI=1S/C29H28ClN3O7S2/c1-20-9-15-28(40-3)26(17-20)32-41(35,36)23-13-10-21(11-14-23)31-29(34)19-33(22-12-16-27(39-2)25(30)18-22)42(37,38)24-7-5-4-6-8-24/h4-18,32H,19H2,1-3H3,(H,31,34). The van der Waals surface area contributed by atoms with E-state index < -0.39 is 32.5 Å². The molecule has 42 heavy (non-hydrogen) atoms. The van der Waals surface area contributed by atoms with Crippen LogP contribution in [-0.4, -0.2) is 43.5 Å². The second kappa shape index (κ2) is 12.7. The number of rotatable bonds is 11. The van der Waals surface area contributed by atoms with Crippen LogP contribution in [0.4, 0.5) is 17.1 Å². The number of carbonyl (C=O) groups excluding carboxylic acids is 1. The van der Waals surface area contributed by atoms with E-state index >= 15 is 0 Å². The molecule has 0 fully saturated rings. The highest BCUT2D eigenvalue weighted by molar-refractivity contribution is 7.93. The zero-order chi connectivity index (χ0) is 30.5. The van der Waals surface area contributed by atoms with Crippen LogP contribution in [0, 0.1) is 6.92 Å². The Kier molecular flexibility index (Phi) is 9.30. The third kappa shape index (κ3) is 6.96. The van der Waals surface area contributed by atoms with Crippen molar-refractivity contribution in [1.82, 2.24) is 0 Å². The normalized spacial score (nSPS) is 11.4. The second-order valence-corrected chi connectivity index (χ2v) is 13.0. The zero-order valence-corrected chi connectivity index (χ0v) is 25.3. The molecule has 0 aliphatic carbocycles. The van der Waals surface area contributed by atoms with Crippen LogP contribution in [0.15, 0.2) is 101 Å². The molecule has 0 aliphatic heterocycles. The second-order valence-electron chi connectivity index (χ2n) is 9.03. The maximum absolute atomic E-state index is 13.5. The molecule has 0 radical (unpaired) electrons. The molecule has 0 aliphatic rings. The summed E-state index contributed by atoms with van der Waals surface area (Å²) in [4.78, 5) is 13.0. The van der Waals surface area contributed by atoms with Crippen molar-refractivity contribution in [2.45, 2.75) is 16.7 Å². The minimum absolute atomic E-state index is 0.0166. The van der Waals surface area contributed by atoms with Gasteiger partial charge in [0.05, 0.1) is 40.4 Å². The molecule has 4 aromatic rings. The van der Waals surface area contributed by atoms with Gasteiger partial charge in [0.1, 0.15) is 18.0 Å². The molecule has 0 spiro atoms. The summed E-state index contributed by atoms with van der Waals surface area (Å²) in [6.45, 7) is 1.23. The molecule has 0 heterocycles. The van der Waals surface area contributed by atoms with Crippen LogP contribution < -0.4 is 23.8 Å². The van der Waals surface area contributed by atoms with Gasteiger partial charge in [0.15, 0.2) is 0 Å². The lowest BCUT2D eigenvalue weighted by atomic mass is 10.2. The van der Waals surface area contributed by atoms with Gasteiger partial charge in [-0.2, -0.15) is 0 Å². The zero-order valence-electron chi connectivity index (χ0n) is 22.9. The number of amides is 1. The summed E-state index contributed by atoms with van der Waals surface area (Å²) < 4.78 is 66.9. The number of benzene rings is 4. The van der Waals surface area contributed by atoms with Crippen molar-refractivity contribution in [3.8, 4) is 11.5 Å². The van der Waals surface area contributed by atoms with Crippen molar-refractivity contribution in [3.63, 3.8) is 0 Å². The largest absolute Gasteiger partial charge is 0.495 e. The first-order valence-electron chi connectivity index (χ1n) is 12.4. The summed E-state index contributed by atoms with van der Waals surface area (Å²) in [5, 5.41) is 2.78. The van der Waals surface area contributed by atoms with Gasteiger partial charge in [-0.25, -0.2) is 16.8 Å². The van der Waals surface area contributed by atoms with Crippen LogP contribution in [0.25, 0.3) is 0 Å². The number of hydrogen-bond acceptors (Lipinski definition) is 7. The monoisotopic (exact) mass is 629 g/mol. The van der Waals surface area contributed by atoms with Crippen LogP contribution in [0.5, 0.6) is 11.5 Å². The fourth-order valence-electron chi connectivity index (χ4n) is 4.00. The van der Waals surface area contributed by atoms with Crippen LogP contribution in [0.3, 0.4) is 0 Å². The average molecular weight is 630 g/mol. The summed E-state index contributed by atoms with van der Waals surface area (Å²) in [5.74, 6) is 0.0354. The molecular weight excluding hydrogens is 602 g/mol. The van der Waals surface area contributed by atoms with E-state index in [9.17, 15) is 21.6 Å². The lowest BCUT2D eigenvalue weighted by Gasteiger charge is -2.24. The van der Waals surface area contributed by atoms with E-state index in [0.29, 0.717) is 11.5 Å². The predicted octanol–water partition coefficient (Wildman–Crippen LogP) is 5.30. The van der Waals surface area contributed by atoms with Crippen molar-refractivity contribution in [3.05, 3.63) is 102 Å². The topological polar surface area (TPSA) is 131 Å². The van der Waals surface area contributed by atoms with Crippen molar-refractivity contribution >= 4 is 54.6 Å². The molecule has 0 aromatic heterocycles. The van der Waals surface area contributed by atoms with Crippen LogP contribution in [-0.2, 0) is 24.8 Å². The Hall–Kier alpha value is -4.26. The number of methoxy groups -OCH3 is 2. The van der Waals surface area contributed by atoms with Gasteiger partial charge in [-0.15, -0.1) is 0 Å². The first-order chi connectivity index (χ1) is 19.9. The average Bonchev–Trinajstić information content (AvgIpc) is 2.96. The molecule has 2 N–H and O–H groups in total. The smallest absolute Gasteiger partial charge is 0.264 e. The quantitative estimate of drug-likeness (QED) is 0.230. The maximum atomic E-state index is 13.5. The van der Waals surface area contributed by atoms with Gasteiger partial charge in [0.2, 0.25) is 5.91 Å². The molecule has 4 rings (SSSR count). The van der Waals surface area contributed by atoms with Gasteiger partial charge >= 0.3 is 0 Å². The van der Waals surface area contributed by atoms with Crippen LogP contribution in [0.1, 0.15) is 5.56 Å². The summed E-state index contributed by atoms with van der Waals surface area (Å²) in [6.07, 6.45) is 0. The number of sulfonamides is 2. The molecule has 0 saturated carbocycles. The van der Waals surface area contributed by atoms with Crippen molar-refractivity contribution in [1.29, 1.82) is 0 Å². The van der Waals surface area contributed by atoms with E-state index in [1.54, 1.807) is 36.4 Å². The highest BCUT2D eigenvalue weighted by Crippen LogP contribution is 2.32. The van der Waals surface area contributed by atoms with Crippen molar-refractivity contribution in [2.24, 2.45) is 0 Å². The molecule has 1 amide bonds. The summed E-state index contributed by atoms with van der Waals surface area (Å²) in [6, 6.07) is 22.6. The molecule has 220 valence electrons. The number of ether oxygens (including phenoxy) is 2.